The van der Waals surface area contributed by atoms with E-state index in [9.17, 15) is 4.79 Å². The number of nitrogens with one attached hydrogen (secondary N) is 1. The van der Waals surface area contributed by atoms with Crippen LogP contribution in [0.3, 0.4) is 0 Å². The predicted octanol–water partition coefficient (Wildman–Crippen LogP) is 1.95. The second-order valence-corrected chi connectivity index (χ2v) is 5.52. The van der Waals surface area contributed by atoms with Crippen LogP contribution in [0.1, 0.15) is 32.1 Å². The summed E-state index contributed by atoms with van der Waals surface area (Å²) < 4.78 is 1.92. The first-order valence-electron chi connectivity index (χ1n) is 7.06. The molecule has 6 heteroatoms. The number of amides is 1. The minimum absolute atomic E-state index is 0.0239. The lowest BCUT2D eigenvalue weighted by atomic mass is 10.2. The molecule has 2 rings (SSSR count). The second-order valence-electron chi connectivity index (χ2n) is 5.00. The first kappa shape index (κ1) is 15.4. The van der Waals surface area contributed by atoms with Crippen molar-refractivity contribution in [3.63, 3.8) is 0 Å². The van der Waals surface area contributed by atoms with Crippen LogP contribution in [0.2, 0.25) is 0 Å². The number of nitrogens with two attached hydrogens (primary N) is 1. The van der Waals surface area contributed by atoms with Crippen molar-refractivity contribution in [2.24, 2.45) is 5.73 Å². The first-order valence-corrected chi connectivity index (χ1v) is 7.47. The van der Waals surface area contributed by atoms with Crippen molar-refractivity contribution in [2.75, 3.05) is 6.54 Å². The fraction of sp³-hybridized carbons (Fsp3) is 0.400. The van der Waals surface area contributed by atoms with Crippen LogP contribution in [0.4, 0.5) is 0 Å². The Bertz CT molecular complexity index is 665. The maximum absolute atomic E-state index is 12.3. The van der Waals surface area contributed by atoms with Crippen molar-refractivity contribution in [1.29, 1.82) is 0 Å². The Labute approximate surface area is 129 Å². The van der Waals surface area contributed by atoms with E-state index in [1.165, 1.54) is 0 Å². The third kappa shape index (κ3) is 3.39. The summed E-state index contributed by atoms with van der Waals surface area (Å²) in [7, 11) is 0. The first-order chi connectivity index (χ1) is 10.0. The number of imidazole rings is 1. The van der Waals surface area contributed by atoms with Gasteiger partial charge < -0.3 is 15.6 Å². The molecule has 1 heterocycles. The third-order valence-electron chi connectivity index (χ3n) is 3.32. The number of hydrogen-bond donors (Lipinski definition) is 2. The van der Waals surface area contributed by atoms with E-state index in [0.717, 1.165) is 23.3 Å². The highest BCUT2D eigenvalue weighted by Gasteiger charge is 2.21. The molecule has 0 spiro atoms. The molecule has 1 atom stereocenters. The van der Waals surface area contributed by atoms with Gasteiger partial charge in [-0.15, -0.1) is 0 Å². The molecule has 0 aliphatic heterocycles. The van der Waals surface area contributed by atoms with Gasteiger partial charge in [0.1, 0.15) is 11.9 Å². The number of rotatable bonds is 6. The number of para-hydroxylation sites is 2. The van der Waals surface area contributed by atoms with E-state index in [0.29, 0.717) is 18.0 Å². The van der Waals surface area contributed by atoms with E-state index in [1.807, 2.05) is 42.7 Å². The predicted molar refractivity (Wildman–Crippen MR) is 88.2 cm³/mol. The highest BCUT2D eigenvalue weighted by Crippen LogP contribution is 2.21. The molecule has 0 saturated heterocycles. The van der Waals surface area contributed by atoms with Gasteiger partial charge in [0.05, 0.1) is 22.4 Å². The smallest absolute Gasteiger partial charge is 0.242 e. The van der Waals surface area contributed by atoms with Gasteiger partial charge in [0.15, 0.2) is 0 Å². The fourth-order valence-corrected chi connectivity index (χ4v) is 2.45. The van der Waals surface area contributed by atoms with Crippen molar-refractivity contribution < 1.29 is 4.79 Å². The summed E-state index contributed by atoms with van der Waals surface area (Å²) in [4.78, 5) is 17.2. The van der Waals surface area contributed by atoms with Crippen LogP contribution >= 0.6 is 12.2 Å². The molecular weight excluding hydrogens is 284 g/mol. The summed E-state index contributed by atoms with van der Waals surface area (Å²) in [6, 6.07) is 7.38. The van der Waals surface area contributed by atoms with E-state index in [1.54, 1.807) is 0 Å². The normalized spacial score (nSPS) is 12.3. The number of hydrogen-bond acceptors (Lipinski definition) is 3. The topological polar surface area (TPSA) is 72.9 Å². The van der Waals surface area contributed by atoms with Gasteiger partial charge in [-0.05, 0) is 25.5 Å². The number of aromatic nitrogens is 2. The molecule has 0 saturated carbocycles. The molecule has 1 unspecified atom stereocenters. The largest absolute Gasteiger partial charge is 0.393 e. The van der Waals surface area contributed by atoms with Gasteiger partial charge in [-0.2, -0.15) is 0 Å². The van der Waals surface area contributed by atoms with Crippen LogP contribution in [0.25, 0.3) is 11.0 Å². The third-order valence-corrected chi connectivity index (χ3v) is 3.46. The molecule has 0 bridgehead atoms. The Morgan fingerprint density at radius 2 is 2.19 bits per heavy atom. The van der Waals surface area contributed by atoms with Crippen LogP contribution in [0.15, 0.2) is 24.3 Å². The summed E-state index contributed by atoms with van der Waals surface area (Å²) >= 11 is 4.99. The molecule has 0 radical (unpaired) electrons. The van der Waals surface area contributed by atoms with Crippen molar-refractivity contribution in [3.8, 4) is 0 Å². The Morgan fingerprint density at radius 1 is 1.48 bits per heavy atom. The van der Waals surface area contributed by atoms with Gasteiger partial charge >= 0.3 is 0 Å². The van der Waals surface area contributed by atoms with Crippen molar-refractivity contribution in [3.05, 3.63) is 30.1 Å². The molecule has 3 N–H and O–H groups in total. The summed E-state index contributed by atoms with van der Waals surface area (Å²) in [6.45, 7) is 4.55. The molecule has 5 nitrogen and oxygen atoms in total. The second kappa shape index (κ2) is 6.67. The van der Waals surface area contributed by atoms with E-state index in [2.05, 4.69) is 10.3 Å². The molecule has 1 aromatic heterocycles. The van der Waals surface area contributed by atoms with E-state index >= 15 is 0 Å². The van der Waals surface area contributed by atoms with E-state index in [4.69, 9.17) is 18.0 Å². The van der Waals surface area contributed by atoms with Gasteiger partial charge in [-0.3, -0.25) is 4.79 Å². The average molecular weight is 304 g/mol. The molecule has 1 aromatic carbocycles. The summed E-state index contributed by atoms with van der Waals surface area (Å²) in [5, 5.41) is 2.91. The Morgan fingerprint density at radius 3 is 2.86 bits per heavy atom. The number of nitrogens with zero attached hydrogens (tertiary/aromatic N) is 2. The molecule has 21 heavy (non-hydrogen) atoms. The lowest BCUT2D eigenvalue weighted by Gasteiger charge is -2.17. The number of fused-ring (bicyclic) bond motifs is 1. The average Bonchev–Trinajstić information content (AvgIpc) is 2.80. The molecule has 0 fully saturated rings. The Hall–Kier alpha value is -1.95. The zero-order valence-corrected chi connectivity index (χ0v) is 13.1. The zero-order valence-electron chi connectivity index (χ0n) is 12.3. The van der Waals surface area contributed by atoms with Crippen LogP contribution in [0, 0.1) is 0 Å². The summed E-state index contributed by atoms with van der Waals surface area (Å²) in [6.07, 6.45) is 1.29. The maximum Gasteiger partial charge on any atom is 0.242 e. The van der Waals surface area contributed by atoms with Crippen LogP contribution in [0.5, 0.6) is 0 Å². The Balaban J connectivity index is 2.43. The molecule has 2 aromatic rings. The zero-order chi connectivity index (χ0) is 15.4. The van der Waals surface area contributed by atoms with Gasteiger partial charge in [0, 0.05) is 6.54 Å². The molecule has 0 aliphatic rings. The molecule has 1 amide bonds. The maximum atomic E-state index is 12.3. The number of carbonyl (C=O) groups excluding carboxylic acids is 1. The molecule has 0 aliphatic carbocycles. The fourth-order valence-electron chi connectivity index (χ4n) is 2.32. The lowest BCUT2D eigenvalue weighted by molar-refractivity contribution is -0.123. The van der Waals surface area contributed by atoms with Crippen LogP contribution < -0.4 is 11.1 Å². The van der Waals surface area contributed by atoms with Crippen LogP contribution in [-0.4, -0.2) is 27.0 Å². The minimum Gasteiger partial charge on any atom is -0.393 e. The summed E-state index contributed by atoms with van der Waals surface area (Å²) in [5.74, 6) is 0.701. The molecular formula is C15H20N4OS. The standard InChI is InChI=1S/C15H20N4OS/c1-3-8-17-15(20)10(2)19-12-7-5-4-6-11(12)18-14(19)9-13(16)21/h4-7,10H,3,8-9H2,1-2H3,(H2,16,21)(H,17,20). The Kier molecular flexibility index (Phi) is 4.90. The number of carbonyl (C=O) groups is 1. The van der Waals surface area contributed by atoms with Crippen LogP contribution in [-0.2, 0) is 11.2 Å². The number of thiocarbonyl (C=S) groups is 1. The van der Waals surface area contributed by atoms with Crippen molar-refractivity contribution in [2.45, 2.75) is 32.7 Å². The van der Waals surface area contributed by atoms with Gasteiger partial charge in [0.2, 0.25) is 5.91 Å². The van der Waals surface area contributed by atoms with Gasteiger partial charge in [-0.1, -0.05) is 31.3 Å². The monoisotopic (exact) mass is 304 g/mol. The van der Waals surface area contributed by atoms with Gasteiger partial charge in [0.25, 0.3) is 0 Å². The SMILES string of the molecule is CCCNC(=O)C(C)n1c(CC(N)=S)nc2ccccc21. The quantitative estimate of drug-likeness (QED) is 0.800. The van der Waals surface area contributed by atoms with Crippen molar-refractivity contribution in [1.82, 2.24) is 14.9 Å². The number of benzene rings is 1. The minimum atomic E-state index is -0.353. The molecule has 112 valence electrons. The summed E-state index contributed by atoms with van der Waals surface area (Å²) in [5.41, 5.74) is 7.41. The highest BCUT2D eigenvalue weighted by atomic mass is 32.1. The highest BCUT2D eigenvalue weighted by molar-refractivity contribution is 7.80. The van der Waals surface area contributed by atoms with E-state index in [-0.39, 0.29) is 11.9 Å². The van der Waals surface area contributed by atoms with Crippen molar-refractivity contribution >= 4 is 34.1 Å². The van der Waals surface area contributed by atoms with Gasteiger partial charge in [-0.25, -0.2) is 4.98 Å². The van der Waals surface area contributed by atoms with E-state index < -0.39 is 0 Å². The lowest BCUT2D eigenvalue weighted by Crippen LogP contribution is -2.32.